The Bertz CT molecular complexity index is 444. The van der Waals surface area contributed by atoms with Gasteiger partial charge in [0, 0.05) is 19.2 Å². The van der Waals surface area contributed by atoms with Crippen molar-refractivity contribution in [2.24, 2.45) is 5.41 Å². The van der Waals surface area contributed by atoms with Crippen molar-refractivity contribution in [2.45, 2.75) is 26.2 Å². The molecule has 1 aliphatic rings. The summed E-state index contributed by atoms with van der Waals surface area (Å²) in [5.41, 5.74) is 0.152. The topological polar surface area (TPSA) is 62.5 Å². The van der Waals surface area contributed by atoms with Crippen molar-refractivity contribution in [3.8, 4) is 0 Å². The van der Waals surface area contributed by atoms with E-state index in [0.717, 1.165) is 25.0 Å². The van der Waals surface area contributed by atoms with Gasteiger partial charge in [-0.15, -0.1) is 0 Å². The number of furan rings is 1. The van der Waals surface area contributed by atoms with E-state index in [9.17, 15) is 4.79 Å². The SMILES string of the molecule is Cc1ccc(/C=C/C(=O)NCC2(CCO)CC2)o1. The van der Waals surface area contributed by atoms with E-state index in [1.807, 2.05) is 19.1 Å². The first-order chi connectivity index (χ1) is 8.63. The highest BCUT2D eigenvalue weighted by Crippen LogP contribution is 2.47. The second kappa shape index (κ2) is 5.40. The molecular formula is C14H19NO3. The molecule has 1 fully saturated rings. The third kappa shape index (κ3) is 3.47. The van der Waals surface area contributed by atoms with Gasteiger partial charge in [0.25, 0.3) is 0 Å². The zero-order valence-electron chi connectivity index (χ0n) is 10.6. The second-order valence-electron chi connectivity index (χ2n) is 4.97. The molecule has 1 amide bonds. The van der Waals surface area contributed by atoms with Crippen molar-refractivity contribution in [3.05, 3.63) is 29.7 Å². The largest absolute Gasteiger partial charge is 0.462 e. The minimum absolute atomic E-state index is 0.117. The van der Waals surface area contributed by atoms with Crippen LogP contribution < -0.4 is 5.32 Å². The number of carbonyl (C=O) groups is 1. The summed E-state index contributed by atoms with van der Waals surface area (Å²) in [7, 11) is 0. The summed E-state index contributed by atoms with van der Waals surface area (Å²) in [6.07, 6.45) is 6.10. The van der Waals surface area contributed by atoms with Gasteiger partial charge in [-0.3, -0.25) is 4.79 Å². The van der Waals surface area contributed by atoms with Gasteiger partial charge in [0.1, 0.15) is 11.5 Å². The second-order valence-corrected chi connectivity index (χ2v) is 4.97. The quantitative estimate of drug-likeness (QED) is 0.757. The number of aliphatic hydroxyl groups excluding tert-OH is 1. The van der Waals surface area contributed by atoms with Gasteiger partial charge in [-0.1, -0.05) is 0 Å². The van der Waals surface area contributed by atoms with E-state index >= 15 is 0 Å². The maximum absolute atomic E-state index is 11.6. The van der Waals surface area contributed by atoms with Crippen LogP contribution in [0.3, 0.4) is 0 Å². The highest BCUT2D eigenvalue weighted by molar-refractivity contribution is 5.91. The van der Waals surface area contributed by atoms with Crippen molar-refractivity contribution in [1.29, 1.82) is 0 Å². The molecule has 0 aromatic carbocycles. The van der Waals surface area contributed by atoms with E-state index in [4.69, 9.17) is 9.52 Å². The fourth-order valence-electron chi connectivity index (χ4n) is 1.96. The van der Waals surface area contributed by atoms with Crippen molar-refractivity contribution < 1.29 is 14.3 Å². The standard InChI is InChI=1S/C14H19NO3/c1-11-2-3-12(18-11)4-5-13(17)15-10-14(6-7-14)8-9-16/h2-5,16H,6-10H2,1H3,(H,15,17)/b5-4+. The third-order valence-electron chi connectivity index (χ3n) is 3.40. The summed E-state index contributed by atoms with van der Waals surface area (Å²) in [5, 5.41) is 11.8. The molecule has 1 aromatic rings. The molecule has 4 heteroatoms. The first kappa shape index (κ1) is 12.9. The van der Waals surface area contributed by atoms with Gasteiger partial charge in [-0.25, -0.2) is 0 Å². The number of hydrogen-bond donors (Lipinski definition) is 2. The van der Waals surface area contributed by atoms with Gasteiger partial charge >= 0.3 is 0 Å². The highest BCUT2D eigenvalue weighted by Gasteiger charge is 2.41. The number of carbonyl (C=O) groups excluding carboxylic acids is 1. The Morgan fingerprint density at radius 2 is 2.33 bits per heavy atom. The summed E-state index contributed by atoms with van der Waals surface area (Å²) in [5.74, 6) is 1.39. The highest BCUT2D eigenvalue weighted by atomic mass is 16.3. The van der Waals surface area contributed by atoms with Gasteiger partial charge in [0.2, 0.25) is 5.91 Å². The molecule has 0 spiro atoms. The molecule has 1 aromatic heterocycles. The normalized spacial score (nSPS) is 17.0. The fourth-order valence-corrected chi connectivity index (χ4v) is 1.96. The van der Waals surface area contributed by atoms with Crippen molar-refractivity contribution >= 4 is 12.0 Å². The smallest absolute Gasteiger partial charge is 0.244 e. The lowest BCUT2D eigenvalue weighted by Gasteiger charge is -2.13. The lowest BCUT2D eigenvalue weighted by Crippen LogP contribution is -2.29. The van der Waals surface area contributed by atoms with Gasteiger partial charge in [0.05, 0.1) is 0 Å². The van der Waals surface area contributed by atoms with Crippen LogP contribution in [0.2, 0.25) is 0 Å². The minimum Gasteiger partial charge on any atom is -0.462 e. The van der Waals surface area contributed by atoms with Crippen LogP contribution in [-0.4, -0.2) is 24.2 Å². The Hall–Kier alpha value is -1.55. The number of rotatable bonds is 6. The number of nitrogens with one attached hydrogen (secondary N) is 1. The zero-order chi connectivity index (χ0) is 13.0. The first-order valence-electron chi connectivity index (χ1n) is 6.27. The molecule has 0 radical (unpaired) electrons. The van der Waals surface area contributed by atoms with Gasteiger partial charge < -0.3 is 14.8 Å². The van der Waals surface area contributed by atoms with Crippen LogP contribution in [0.25, 0.3) is 6.08 Å². The average molecular weight is 249 g/mol. The summed E-state index contributed by atoms with van der Waals surface area (Å²) in [6.45, 7) is 2.70. The maximum atomic E-state index is 11.6. The van der Waals surface area contributed by atoms with Gasteiger partial charge in [-0.05, 0) is 49.8 Å². The zero-order valence-corrected chi connectivity index (χ0v) is 10.6. The molecule has 0 atom stereocenters. The average Bonchev–Trinajstić information content (AvgIpc) is 2.99. The molecule has 1 saturated carbocycles. The molecule has 2 rings (SSSR count). The Kier molecular flexibility index (Phi) is 3.87. The summed E-state index contributed by atoms with van der Waals surface area (Å²) in [4.78, 5) is 11.6. The Balaban J connectivity index is 1.77. The molecule has 18 heavy (non-hydrogen) atoms. The van der Waals surface area contributed by atoms with E-state index in [1.54, 1.807) is 6.08 Å². The molecule has 4 nitrogen and oxygen atoms in total. The predicted molar refractivity (Wildman–Crippen MR) is 68.9 cm³/mol. The van der Waals surface area contributed by atoms with E-state index in [-0.39, 0.29) is 17.9 Å². The van der Waals surface area contributed by atoms with Crippen molar-refractivity contribution in [1.82, 2.24) is 5.32 Å². The van der Waals surface area contributed by atoms with Gasteiger partial charge in [0.15, 0.2) is 0 Å². The molecule has 2 N–H and O–H groups in total. The lowest BCUT2D eigenvalue weighted by atomic mass is 10.0. The van der Waals surface area contributed by atoms with E-state index < -0.39 is 0 Å². The molecule has 98 valence electrons. The van der Waals surface area contributed by atoms with Crippen molar-refractivity contribution in [3.63, 3.8) is 0 Å². The number of aliphatic hydroxyl groups is 1. The minimum atomic E-state index is -0.117. The molecular weight excluding hydrogens is 230 g/mol. The van der Waals surface area contributed by atoms with Crippen LogP contribution in [0.5, 0.6) is 0 Å². The summed E-state index contributed by atoms with van der Waals surface area (Å²) < 4.78 is 5.33. The fraction of sp³-hybridized carbons (Fsp3) is 0.500. The lowest BCUT2D eigenvalue weighted by molar-refractivity contribution is -0.116. The Labute approximate surface area is 107 Å². The predicted octanol–water partition coefficient (Wildman–Crippen LogP) is 1.88. The van der Waals surface area contributed by atoms with Crippen LogP contribution in [0.4, 0.5) is 0 Å². The van der Waals surface area contributed by atoms with Crippen LogP contribution in [-0.2, 0) is 4.79 Å². The maximum Gasteiger partial charge on any atom is 0.244 e. The molecule has 1 heterocycles. The molecule has 0 unspecified atom stereocenters. The Morgan fingerprint density at radius 1 is 1.56 bits per heavy atom. The van der Waals surface area contributed by atoms with Crippen LogP contribution >= 0.6 is 0 Å². The summed E-state index contributed by atoms with van der Waals surface area (Å²) >= 11 is 0. The van der Waals surface area contributed by atoms with Gasteiger partial charge in [-0.2, -0.15) is 0 Å². The number of aryl methyl sites for hydroxylation is 1. The van der Waals surface area contributed by atoms with Crippen LogP contribution in [0.1, 0.15) is 30.8 Å². The number of amides is 1. The first-order valence-corrected chi connectivity index (χ1v) is 6.27. The molecule has 0 aliphatic heterocycles. The summed E-state index contributed by atoms with van der Waals surface area (Å²) in [6, 6.07) is 3.69. The third-order valence-corrected chi connectivity index (χ3v) is 3.40. The monoisotopic (exact) mass is 249 g/mol. The van der Waals surface area contributed by atoms with E-state index in [0.29, 0.717) is 12.3 Å². The number of hydrogen-bond acceptors (Lipinski definition) is 3. The van der Waals surface area contributed by atoms with Crippen LogP contribution in [0.15, 0.2) is 22.6 Å². The molecule has 1 aliphatic carbocycles. The van der Waals surface area contributed by atoms with Crippen molar-refractivity contribution in [2.75, 3.05) is 13.2 Å². The van der Waals surface area contributed by atoms with Crippen LogP contribution in [0, 0.1) is 12.3 Å². The molecule has 0 bridgehead atoms. The Morgan fingerprint density at radius 3 is 2.89 bits per heavy atom. The molecule has 0 saturated heterocycles. The van der Waals surface area contributed by atoms with E-state index in [1.165, 1.54) is 6.08 Å². The van der Waals surface area contributed by atoms with E-state index in [2.05, 4.69) is 5.32 Å².